The lowest BCUT2D eigenvalue weighted by Gasteiger charge is -2.30. The fraction of sp³-hybridized carbons (Fsp3) is 0.235. The maximum absolute atomic E-state index is 12.3. The summed E-state index contributed by atoms with van der Waals surface area (Å²) < 4.78 is 11.5. The number of morpholine rings is 1. The number of amides is 1. The van der Waals surface area contributed by atoms with Crippen LogP contribution in [0.3, 0.4) is 0 Å². The Hall–Kier alpha value is -2.04. The Morgan fingerprint density at radius 2 is 1.91 bits per heavy atom. The van der Waals surface area contributed by atoms with E-state index in [1.807, 2.05) is 24.3 Å². The number of rotatable bonds is 3. The minimum atomic E-state index is -0.623. The summed E-state index contributed by atoms with van der Waals surface area (Å²) in [6.45, 7) is 1.12. The van der Waals surface area contributed by atoms with Crippen LogP contribution in [0, 0.1) is 0 Å². The molecule has 1 saturated heterocycles. The topological polar surface area (TPSA) is 38.8 Å². The molecule has 4 nitrogen and oxygen atoms in total. The average molecular weight is 318 g/mol. The Bertz CT molecular complexity index is 672. The standard InChI is InChI=1S/C17H16ClNO3/c1-19-10-11-21-16(17(19)20)14-4-2-3-5-15(14)22-13-8-6-12(18)7-9-13/h2-9,16H,10-11H2,1H3. The van der Waals surface area contributed by atoms with E-state index in [0.717, 1.165) is 5.56 Å². The lowest BCUT2D eigenvalue weighted by Crippen LogP contribution is -2.40. The number of likely N-dealkylation sites (N-methyl/N-ethyl adjacent to an activating group) is 1. The van der Waals surface area contributed by atoms with Crippen LogP contribution in [0.1, 0.15) is 11.7 Å². The summed E-state index contributed by atoms with van der Waals surface area (Å²) in [5.41, 5.74) is 0.731. The van der Waals surface area contributed by atoms with Gasteiger partial charge < -0.3 is 14.4 Å². The first-order valence-corrected chi connectivity index (χ1v) is 7.42. The molecule has 1 unspecified atom stereocenters. The Morgan fingerprint density at radius 1 is 1.18 bits per heavy atom. The Kier molecular flexibility index (Phi) is 4.32. The van der Waals surface area contributed by atoms with E-state index in [4.69, 9.17) is 21.1 Å². The molecule has 1 aliphatic heterocycles. The highest BCUT2D eigenvalue weighted by Gasteiger charge is 2.31. The summed E-state index contributed by atoms with van der Waals surface area (Å²) in [6.07, 6.45) is -0.623. The molecular weight excluding hydrogens is 302 g/mol. The van der Waals surface area contributed by atoms with E-state index in [1.165, 1.54) is 0 Å². The second-order valence-electron chi connectivity index (χ2n) is 5.10. The molecule has 1 fully saturated rings. The number of hydrogen-bond acceptors (Lipinski definition) is 3. The summed E-state index contributed by atoms with van der Waals surface area (Å²) in [5, 5.41) is 0.646. The average Bonchev–Trinajstić information content (AvgIpc) is 2.53. The molecule has 0 spiro atoms. The van der Waals surface area contributed by atoms with Gasteiger partial charge in [0.05, 0.1) is 6.61 Å². The van der Waals surface area contributed by atoms with Gasteiger partial charge in [-0.2, -0.15) is 0 Å². The zero-order valence-electron chi connectivity index (χ0n) is 12.2. The van der Waals surface area contributed by atoms with Gasteiger partial charge in [-0.25, -0.2) is 0 Å². The van der Waals surface area contributed by atoms with Crippen molar-refractivity contribution in [3.8, 4) is 11.5 Å². The number of carbonyl (C=O) groups is 1. The molecular formula is C17H16ClNO3. The number of hydrogen-bond donors (Lipinski definition) is 0. The maximum Gasteiger partial charge on any atom is 0.256 e. The zero-order valence-corrected chi connectivity index (χ0v) is 12.9. The molecule has 0 N–H and O–H groups in total. The van der Waals surface area contributed by atoms with E-state index in [0.29, 0.717) is 29.7 Å². The first-order chi connectivity index (χ1) is 10.6. The summed E-state index contributed by atoms with van der Waals surface area (Å²) in [7, 11) is 1.78. The van der Waals surface area contributed by atoms with Gasteiger partial charge in [0.15, 0.2) is 6.10 Å². The predicted molar refractivity (Wildman–Crippen MR) is 84.3 cm³/mol. The van der Waals surface area contributed by atoms with Crippen LogP contribution in [0.25, 0.3) is 0 Å². The van der Waals surface area contributed by atoms with Gasteiger partial charge in [0.2, 0.25) is 0 Å². The zero-order chi connectivity index (χ0) is 15.5. The first-order valence-electron chi connectivity index (χ1n) is 7.04. The number of halogens is 1. The quantitative estimate of drug-likeness (QED) is 0.867. The van der Waals surface area contributed by atoms with Crippen molar-refractivity contribution in [2.24, 2.45) is 0 Å². The second-order valence-corrected chi connectivity index (χ2v) is 5.54. The molecule has 2 aromatic rings. The summed E-state index contributed by atoms with van der Waals surface area (Å²) in [5.74, 6) is 1.21. The molecule has 0 aromatic heterocycles. The molecule has 22 heavy (non-hydrogen) atoms. The van der Waals surface area contributed by atoms with Gasteiger partial charge in [-0.1, -0.05) is 29.8 Å². The van der Waals surface area contributed by atoms with E-state index in [9.17, 15) is 4.79 Å². The smallest absolute Gasteiger partial charge is 0.256 e. The third-order valence-corrected chi connectivity index (χ3v) is 3.81. The van der Waals surface area contributed by atoms with Gasteiger partial charge in [0, 0.05) is 24.2 Å². The van der Waals surface area contributed by atoms with Crippen LogP contribution in [0.5, 0.6) is 11.5 Å². The minimum Gasteiger partial charge on any atom is -0.457 e. The molecule has 1 amide bonds. The summed E-state index contributed by atoms with van der Waals surface area (Å²) >= 11 is 5.88. The fourth-order valence-electron chi connectivity index (χ4n) is 2.33. The molecule has 0 bridgehead atoms. The molecule has 3 rings (SSSR count). The predicted octanol–water partition coefficient (Wildman–Crippen LogP) is 3.66. The fourth-order valence-corrected chi connectivity index (χ4v) is 2.46. The van der Waals surface area contributed by atoms with Crippen molar-refractivity contribution in [2.75, 3.05) is 20.2 Å². The molecule has 1 aliphatic rings. The van der Waals surface area contributed by atoms with E-state index in [-0.39, 0.29) is 5.91 Å². The molecule has 0 aliphatic carbocycles. The van der Waals surface area contributed by atoms with Gasteiger partial charge in [-0.15, -0.1) is 0 Å². The number of ether oxygens (including phenoxy) is 2. The Morgan fingerprint density at radius 3 is 2.68 bits per heavy atom. The van der Waals surface area contributed by atoms with Crippen molar-refractivity contribution in [1.82, 2.24) is 4.90 Å². The van der Waals surface area contributed by atoms with Gasteiger partial charge in [0.1, 0.15) is 11.5 Å². The van der Waals surface area contributed by atoms with Crippen LogP contribution in [0.2, 0.25) is 5.02 Å². The van der Waals surface area contributed by atoms with E-state index < -0.39 is 6.10 Å². The normalized spacial score (nSPS) is 18.4. The minimum absolute atomic E-state index is 0.0570. The van der Waals surface area contributed by atoms with Gasteiger partial charge in [-0.3, -0.25) is 4.79 Å². The number of carbonyl (C=O) groups excluding carboxylic acids is 1. The van der Waals surface area contributed by atoms with Crippen molar-refractivity contribution < 1.29 is 14.3 Å². The van der Waals surface area contributed by atoms with E-state index >= 15 is 0 Å². The number of benzene rings is 2. The third kappa shape index (κ3) is 3.08. The summed E-state index contributed by atoms with van der Waals surface area (Å²) in [4.78, 5) is 14.0. The van der Waals surface area contributed by atoms with E-state index in [2.05, 4.69) is 0 Å². The van der Waals surface area contributed by atoms with Gasteiger partial charge in [-0.05, 0) is 30.3 Å². The van der Waals surface area contributed by atoms with Gasteiger partial charge in [0.25, 0.3) is 5.91 Å². The first kappa shape index (κ1) is 14.9. The SMILES string of the molecule is CN1CCOC(c2ccccc2Oc2ccc(Cl)cc2)C1=O. The lowest BCUT2D eigenvalue weighted by molar-refractivity contribution is -0.151. The van der Waals surface area contributed by atoms with Gasteiger partial charge >= 0.3 is 0 Å². The van der Waals surface area contributed by atoms with Crippen LogP contribution >= 0.6 is 11.6 Å². The second kappa shape index (κ2) is 6.38. The van der Waals surface area contributed by atoms with Crippen LogP contribution in [-0.2, 0) is 9.53 Å². The van der Waals surface area contributed by atoms with Crippen molar-refractivity contribution in [2.45, 2.75) is 6.10 Å². The van der Waals surface area contributed by atoms with Crippen molar-refractivity contribution in [3.05, 3.63) is 59.1 Å². The number of para-hydroxylation sites is 1. The number of nitrogens with zero attached hydrogens (tertiary/aromatic N) is 1. The Balaban J connectivity index is 1.89. The molecule has 0 saturated carbocycles. The lowest BCUT2D eigenvalue weighted by atomic mass is 10.1. The van der Waals surface area contributed by atoms with E-state index in [1.54, 1.807) is 36.2 Å². The molecule has 5 heteroatoms. The van der Waals surface area contributed by atoms with Crippen LogP contribution in [0.4, 0.5) is 0 Å². The van der Waals surface area contributed by atoms with Crippen molar-refractivity contribution in [3.63, 3.8) is 0 Å². The molecule has 2 aromatic carbocycles. The van der Waals surface area contributed by atoms with Crippen LogP contribution in [-0.4, -0.2) is 31.0 Å². The van der Waals surface area contributed by atoms with Crippen LogP contribution in [0.15, 0.2) is 48.5 Å². The highest BCUT2D eigenvalue weighted by atomic mass is 35.5. The summed E-state index contributed by atoms with van der Waals surface area (Å²) in [6, 6.07) is 14.5. The molecule has 114 valence electrons. The highest BCUT2D eigenvalue weighted by molar-refractivity contribution is 6.30. The molecule has 0 radical (unpaired) electrons. The Labute approximate surface area is 134 Å². The van der Waals surface area contributed by atoms with Crippen molar-refractivity contribution in [1.29, 1.82) is 0 Å². The third-order valence-electron chi connectivity index (χ3n) is 3.55. The van der Waals surface area contributed by atoms with Crippen molar-refractivity contribution >= 4 is 17.5 Å². The molecule has 1 atom stereocenters. The maximum atomic E-state index is 12.3. The highest BCUT2D eigenvalue weighted by Crippen LogP contribution is 2.33. The van der Waals surface area contributed by atoms with Crippen LogP contribution < -0.4 is 4.74 Å². The molecule has 1 heterocycles. The monoisotopic (exact) mass is 317 g/mol. The largest absolute Gasteiger partial charge is 0.457 e.